The highest BCUT2D eigenvalue weighted by molar-refractivity contribution is 5.06. The number of hydrogen-bond acceptors (Lipinski definition) is 4. The van der Waals surface area contributed by atoms with E-state index in [2.05, 4.69) is 34.7 Å². The van der Waals surface area contributed by atoms with Gasteiger partial charge in [0.05, 0.1) is 18.2 Å². The SMILES string of the molecule is CC1CN(CCOc2ccn(C3CCCCC3)n2)CC(C)O1. The van der Waals surface area contributed by atoms with Crippen LogP contribution in [0.4, 0.5) is 0 Å². The van der Waals surface area contributed by atoms with Crippen LogP contribution in [-0.4, -0.2) is 53.1 Å². The van der Waals surface area contributed by atoms with Gasteiger partial charge in [0.15, 0.2) is 0 Å². The van der Waals surface area contributed by atoms with E-state index in [-0.39, 0.29) is 0 Å². The molecule has 1 saturated carbocycles. The summed E-state index contributed by atoms with van der Waals surface area (Å²) in [6.07, 6.45) is 9.24. The second-order valence-electron chi connectivity index (χ2n) is 6.79. The van der Waals surface area contributed by atoms with Crippen molar-refractivity contribution in [1.29, 1.82) is 0 Å². The fourth-order valence-corrected chi connectivity index (χ4v) is 3.69. The first-order chi connectivity index (χ1) is 10.7. The van der Waals surface area contributed by atoms with E-state index in [1.54, 1.807) is 0 Å². The van der Waals surface area contributed by atoms with Gasteiger partial charge in [-0.2, -0.15) is 0 Å². The van der Waals surface area contributed by atoms with E-state index in [1.165, 1.54) is 32.1 Å². The van der Waals surface area contributed by atoms with Crippen molar-refractivity contribution < 1.29 is 9.47 Å². The lowest BCUT2D eigenvalue weighted by atomic mass is 9.96. The van der Waals surface area contributed by atoms with Crippen molar-refractivity contribution >= 4 is 0 Å². The molecule has 0 N–H and O–H groups in total. The van der Waals surface area contributed by atoms with E-state index in [0.29, 0.717) is 24.9 Å². The standard InChI is InChI=1S/C17H29N3O2/c1-14-12-19(13-15(2)22-14)10-11-21-17-8-9-20(18-17)16-6-4-3-5-7-16/h8-9,14-16H,3-7,10-13H2,1-2H3. The molecule has 1 saturated heterocycles. The van der Waals surface area contributed by atoms with Gasteiger partial charge >= 0.3 is 0 Å². The smallest absolute Gasteiger partial charge is 0.232 e. The molecule has 5 nitrogen and oxygen atoms in total. The van der Waals surface area contributed by atoms with Crippen LogP contribution in [0.2, 0.25) is 0 Å². The van der Waals surface area contributed by atoms with Gasteiger partial charge in [-0.3, -0.25) is 9.58 Å². The molecule has 0 bridgehead atoms. The first-order valence-electron chi connectivity index (χ1n) is 8.76. The third-order valence-corrected chi connectivity index (χ3v) is 4.69. The van der Waals surface area contributed by atoms with Gasteiger partial charge in [-0.15, -0.1) is 5.10 Å². The van der Waals surface area contributed by atoms with Gasteiger partial charge in [0.2, 0.25) is 5.88 Å². The maximum absolute atomic E-state index is 5.84. The summed E-state index contributed by atoms with van der Waals surface area (Å²) in [4.78, 5) is 2.41. The minimum atomic E-state index is 0.314. The molecule has 0 aromatic carbocycles. The molecule has 3 rings (SSSR count). The van der Waals surface area contributed by atoms with Crippen LogP contribution in [-0.2, 0) is 4.74 Å². The molecule has 1 aliphatic carbocycles. The van der Waals surface area contributed by atoms with Gasteiger partial charge in [0.1, 0.15) is 6.61 Å². The lowest BCUT2D eigenvalue weighted by Gasteiger charge is -2.35. The molecule has 0 amide bonds. The van der Waals surface area contributed by atoms with Crippen LogP contribution in [0.3, 0.4) is 0 Å². The molecular weight excluding hydrogens is 278 g/mol. The van der Waals surface area contributed by atoms with E-state index in [1.807, 2.05) is 6.07 Å². The van der Waals surface area contributed by atoms with Crippen molar-refractivity contribution in [2.45, 2.75) is 64.2 Å². The Bertz CT molecular complexity index is 447. The highest BCUT2D eigenvalue weighted by Crippen LogP contribution is 2.28. The normalized spacial score (nSPS) is 27.9. The van der Waals surface area contributed by atoms with Crippen molar-refractivity contribution in [1.82, 2.24) is 14.7 Å². The Kier molecular flexibility index (Phi) is 5.37. The zero-order chi connectivity index (χ0) is 15.4. The predicted molar refractivity (Wildman–Crippen MR) is 86.3 cm³/mol. The number of aromatic nitrogens is 2. The Morgan fingerprint density at radius 2 is 1.91 bits per heavy atom. The van der Waals surface area contributed by atoms with Crippen molar-refractivity contribution in [3.63, 3.8) is 0 Å². The Morgan fingerprint density at radius 1 is 1.18 bits per heavy atom. The molecule has 1 aromatic rings. The van der Waals surface area contributed by atoms with Crippen LogP contribution in [0, 0.1) is 0 Å². The van der Waals surface area contributed by atoms with E-state index in [4.69, 9.17) is 9.47 Å². The van der Waals surface area contributed by atoms with Gasteiger partial charge in [-0.1, -0.05) is 19.3 Å². The topological polar surface area (TPSA) is 39.5 Å². The van der Waals surface area contributed by atoms with Gasteiger partial charge < -0.3 is 9.47 Å². The van der Waals surface area contributed by atoms with E-state index in [9.17, 15) is 0 Å². The summed E-state index contributed by atoms with van der Waals surface area (Å²) in [6.45, 7) is 7.88. The molecule has 5 heteroatoms. The Morgan fingerprint density at radius 3 is 2.64 bits per heavy atom. The largest absolute Gasteiger partial charge is 0.475 e. The third kappa shape index (κ3) is 4.23. The number of morpholine rings is 1. The second-order valence-corrected chi connectivity index (χ2v) is 6.79. The van der Waals surface area contributed by atoms with Crippen LogP contribution >= 0.6 is 0 Å². The first kappa shape index (κ1) is 15.8. The minimum absolute atomic E-state index is 0.314. The summed E-state index contributed by atoms with van der Waals surface area (Å²) in [5, 5.41) is 4.60. The van der Waals surface area contributed by atoms with Crippen molar-refractivity contribution in [2.75, 3.05) is 26.2 Å². The average Bonchev–Trinajstić information content (AvgIpc) is 2.96. The van der Waals surface area contributed by atoms with Crippen LogP contribution < -0.4 is 4.74 Å². The first-order valence-corrected chi connectivity index (χ1v) is 8.76. The molecule has 2 unspecified atom stereocenters. The van der Waals surface area contributed by atoms with Crippen LogP contribution in [0.15, 0.2) is 12.3 Å². The summed E-state index contributed by atoms with van der Waals surface area (Å²) in [5.41, 5.74) is 0. The molecule has 2 atom stereocenters. The quantitative estimate of drug-likeness (QED) is 0.838. The summed E-state index contributed by atoms with van der Waals surface area (Å²) in [7, 11) is 0. The average molecular weight is 307 g/mol. The fraction of sp³-hybridized carbons (Fsp3) is 0.824. The maximum atomic E-state index is 5.84. The molecule has 124 valence electrons. The molecule has 2 heterocycles. The highest BCUT2D eigenvalue weighted by Gasteiger charge is 2.22. The summed E-state index contributed by atoms with van der Waals surface area (Å²) in [5.74, 6) is 0.764. The van der Waals surface area contributed by atoms with Crippen LogP contribution in [0.5, 0.6) is 5.88 Å². The number of nitrogens with zero attached hydrogens (tertiary/aromatic N) is 3. The summed E-state index contributed by atoms with van der Waals surface area (Å²) >= 11 is 0. The minimum Gasteiger partial charge on any atom is -0.475 e. The Balaban J connectivity index is 1.43. The van der Waals surface area contributed by atoms with E-state index in [0.717, 1.165) is 25.5 Å². The zero-order valence-electron chi connectivity index (χ0n) is 13.9. The lowest BCUT2D eigenvalue weighted by molar-refractivity contribution is -0.0700. The number of rotatable bonds is 5. The second kappa shape index (κ2) is 7.47. The van der Waals surface area contributed by atoms with Gasteiger partial charge in [0.25, 0.3) is 0 Å². The molecule has 0 radical (unpaired) electrons. The predicted octanol–water partition coefficient (Wildman–Crippen LogP) is 2.88. The van der Waals surface area contributed by atoms with Gasteiger partial charge in [-0.05, 0) is 26.7 Å². The molecule has 2 aliphatic rings. The van der Waals surface area contributed by atoms with E-state index >= 15 is 0 Å². The molecule has 22 heavy (non-hydrogen) atoms. The molecular formula is C17H29N3O2. The lowest BCUT2D eigenvalue weighted by Crippen LogP contribution is -2.46. The van der Waals surface area contributed by atoms with Crippen LogP contribution in [0.1, 0.15) is 52.0 Å². The summed E-state index contributed by atoms with van der Waals surface area (Å²) in [6, 6.07) is 2.58. The molecule has 2 fully saturated rings. The molecule has 0 spiro atoms. The fourth-order valence-electron chi connectivity index (χ4n) is 3.69. The van der Waals surface area contributed by atoms with Crippen molar-refractivity contribution in [3.05, 3.63) is 12.3 Å². The molecule has 1 aliphatic heterocycles. The van der Waals surface area contributed by atoms with Gasteiger partial charge in [-0.25, -0.2) is 0 Å². The van der Waals surface area contributed by atoms with Crippen LogP contribution in [0.25, 0.3) is 0 Å². The third-order valence-electron chi connectivity index (χ3n) is 4.69. The maximum Gasteiger partial charge on any atom is 0.232 e. The number of ether oxygens (including phenoxy) is 2. The highest BCUT2D eigenvalue weighted by atomic mass is 16.5. The summed E-state index contributed by atoms with van der Waals surface area (Å²) < 4.78 is 13.7. The van der Waals surface area contributed by atoms with E-state index < -0.39 is 0 Å². The van der Waals surface area contributed by atoms with Crippen molar-refractivity contribution in [3.8, 4) is 5.88 Å². The molecule has 1 aromatic heterocycles. The Hall–Kier alpha value is -1.07. The Labute approximate surface area is 133 Å². The van der Waals surface area contributed by atoms with Crippen molar-refractivity contribution in [2.24, 2.45) is 0 Å². The zero-order valence-corrected chi connectivity index (χ0v) is 13.9. The van der Waals surface area contributed by atoms with Gasteiger partial charge in [0, 0.05) is 31.9 Å². The number of hydrogen-bond donors (Lipinski definition) is 0. The monoisotopic (exact) mass is 307 g/mol.